The van der Waals surface area contributed by atoms with Crippen LogP contribution >= 0.6 is 0 Å². The number of nitrogens with one attached hydrogen (secondary N) is 2. The quantitative estimate of drug-likeness (QED) is 0.522. The molecule has 0 saturated heterocycles. The summed E-state index contributed by atoms with van der Waals surface area (Å²) in [4.78, 5) is 21.0. The summed E-state index contributed by atoms with van der Waals surface area (Å²) in [7, 11) is 0. The zero-order valence-corrected chi connectivity index (χ0v) is 15.3. The summed E-state index contributed by atoms with van der Waals surface area (Å²) < 4.78 is 1.62. The first-order valence-electron chi connectivity index (χ1n) is 9.27. The van der Waals surface area contributed by atoms with E-state index >= 15 is 0 Å². The zero-order chi connectivity index (χ0) is 18.6. The van der Waals surface area contributed by atoms with Gasteiger partial charge in [0, 0.05) is 24.3 Å². The van der Waals surface area contributed by atoms with E-state index in [0.717, 1.165) is 41.9 Å². The SMILES string of the molecule is CCCCc1nc2ccccn2c(=O)c1-c1ccc(Nc2cc[nH]c2)cc1. The Morgan fingerprint density at radius 3 is 2.67 bits per heavy atom. The van der Waals surface area contributed by atoms with E-state index in [1.165, 1.54) is 0 Å². The second-order valence-electron chi connectivity index (χ2n) is 6.57. The molecule has 0 aliphatic carbocycles. The number of hydrogen-bond donors (Lipinski definition) is 2. The van der Waals surface area contributed by atoms with Crippen LogP contribution in [0.1, 0.15) is 25.5 Å². The average Bonchev–Trinajstić information content (AvgIpc) is 3.20. The minimum absolute atomic E-state index is 0.0157. The summed E-state index contributed by atoms with van der Waals surface area (Å²) in [5, 5.41) is 3.33. The topological polar surface area (TPSA) is 62.2 Å². The molecule has 5 nitrogen and oxygen atoms in total. The first kappa shape index (κ1) is 17.1. The molecule has 0 atom stereocenters. The van der Waals surface area contributed by atoms with Gasteiger partial charge in [-0.15, -0.1) is 0 Å². The van der Waals surface area contributed by atoms with Gasteiger partial charge in [0.1, 0.15) is 5.65 Å². The third kappa shape index (κ3) is 3.49. The van der Waals surface area contributed by atoms with Crippen molar-refractivity contribution < 1.29 is 0 Å². The Hall–Kier alpha value is -3.34. The van der Waals surface area contributed by atoms with Crippen LogP contribution in [0.3, 0.4) is 0 Å². The van der Waals surface area contributed by atoms with Crippen LogP contribution in [0.4, 0.5) is 11.4 Å². The van der Waals surface area contributed by atoms with Gasteiger partial charge in [0.25, 0.3) is 5.56 Å². The molecule has 0 radical (unpaired) electrons. The summed E-state index contributed by atoms with van der Waals surface area (Å²) in [5.74, 6) is 0. The second kappa shape index (κ2) is 7.50. The van der Waals surface area contributed by atoms with E-state index in [0.29, 0.717) is 11.2 Å². The summed E-state index contributed by atoms with van der Waals surface area (Å²) >= 11 is 0. The fourth-order valence-corrected chi connectivity index (χ4v) is 3.24. The highest BCUT2D eigenvalue weighted by molar-refractivity contribution is 5.70. The molecule has 0 aliphatic heterocycles. The Kier molecular flexibility index (Phi) is 4.75. The van der Waals surface area contributed by atoms with Gasteiger partial charge in [-0.2, -0.15) is 0 Å². The van der Waals surface area contributed by atoms with Crippen molar-refractivity contribution in [2.24, 2.45) is 0 Å². The number of pyridine rings is 1. The van der Waals surface area contributed by atoms with Crippen molar-refractivity contribution in [1.29, 1.82) is 0 Å². The van der Waals surface area contributed by atoms with Crippen LogP contribution in [0, 0.1) is 0 Å². The van der Waals surface area contributed by atoms with Crippen LogP contribution < -0.4 is 10.9 Å². The van der Waals surface area contributed by atoms with Crippen molar-refractivity contribution in [3.05, 3.63) is 83.2 Å². The molecule has 5 heteroatoms. The first-order chi connectivity index (χ1) is 13.3. The molecule has 3 heterocycles. The van der Waals surface area contributed by atoms with E-state index in [2.05, 4.69) is 17.2 Å². The van der Waals surface area contributed by atoms with Crippen LogP contribution in [0.2, 0.25) is 0 Å². The van der Waals surface area contributed by atoms with Gasteiger partial charge in [-0.05, 0) is 48.7 Å². The Morgan fingerprint density at radius 1 is 1.07 bits per heavy atom. The molecule has 0 amide bonds. The first-order valence-corrected chi connectivity index (χ1v) is 9.27. The lowest BCUT2D eigenvalue weighted by Gasteiger charge is -2.12. The number of aromatic nitrogens is 3. The monoisotopic (exact) mass is 358 g/mol. The van der Waals surface area contributed by atoms with Gasteiger partial charge in [-0.1, -0.05) is 31.5 Å². The minimum Gasteiger partial charge on any atom is -0.366 e. The molecular weight excluding hydrogens is 336 g/mol. The number of nitrogens with zero attached hydrogens (tertiary/aromatic N) is 2. The second-order valence-corrected chi connectivity index (χ2v) is 6.57. The molecule has 136 valence electrons. The Labute approximate surface area is 157 Å². The Morgan fingerprint density at radius 2 is 1.93 bits per heavy atom. The van der Waals surface area contributed by atoms with Gasteiger partial charge >= 0.3 is 0 Å². The maximum absolute atomic E-state index is 13.2. The average molecular weight is 358 g/mol. The Bertz CT molecular complexity index is 1100. The largest absolute Gasteiger partial charge is 0.366 e. The highest BCUT2D eigenvalue weighted by atomic mass is 16.1. The molecule has 0 bridgehead atoms. The van der Waals surface area contributed by atoms with Crippen molar-refractivity contribution in [2.45, 2.75) is 26.2 Å². The van der Waals surface area contributed by atoms with Crippen LogP contribution in [0.5, 0.6) is 0 Å². The number of aromatic amines is 1. The van der Waals surface area contributed by atoms with E-state index in [-0.39, 0.29) is 5.56 Å². The van der Waals surface area contributed by atoms with Crippen LogP contribution in [0.25, 0.3) is 16.8 Å². The van der Waals surface area contributed by atoms with Gasteiger partial charge in [-0.25, -0.2) is 4.98 Å². The number of rotatable bonds is 6. The van der Waals surface area contributed by atoms with Gasteiger partial charge in [0.2, 0.25) is 0 Å². The molecule has 0 aliphatic rings. The molecule has 1 aromatic carbocycles. The normalized spacial score (nSPS) is 11.0. The summed E-state index contributed by atoms with van der Waals surface area (Å²) in [6.07, 6.45) is 8.43. The van der Waals surface area contributed by atoms with Gasteiger partial charge in [0.15, 0.2) is 0 Å². The zero-order valence-electron chi connectivity index (χ0n) is 15.3. The lowest BCUT2D eigenvalue weighted by Crippen LogP contribution is -2.19. The fourth-order valence-electron chi connectivity index (χ4n) is 3.24. The number of unbranched alkanes of at least 4 members (excludes halogenated alkanes) is 1. The summed E-state index contributed by atoms with van der Waals surface area (Å²) in [6, 6.07) is 15.6. The number of hydrogen-bond acceptors (Lipinski definition) is 3. The molecule has 27 heavy (non-hydrogen) atoms. The summed E-state index contributed by atoms with van der Waals surface area (Å²) in [5.41, 5.74) is 5.12. The van der Waals surface area contributed by atoms with Crippen molar-refractivity contribution in [3.8, 4) is 11.1 Å². The lowest BCUT2D eigenvalue weighted by atomic mass is 10.0. The highest BCUT2D eigenvalue weighted by Crippen LogP contribution is 2.24. The molecule has 0 saturated carbocycles. The maximum atomic E-state index is 13.2. The number of aryl methyl sites for hydroxylation is 1. The van der Waals surface area contributed by atoms with Crippen molar-refractivity contribution in [3.63, 3.8) is 0 Å². The van der Waals surface area contributed by atoms with E-state index in [1.807, 2.05) is 60.9 Å². The molecule has 0 fully saturated rings. The van der Waals surface area contributed by atoms with Crippen molar-refractivity contribution in [1.82, 2.24) is 14.4 Å². The molecular formula is C22H22N4O. The lowest BCUT2D eigenvalue weighted by molar-refractivity contribution is 0.774. The molecule has 2 N–H and O–H groups in total. The standard InChI is InChI=1S/C22H22N4O/c1-2-3-6-19-21(22(27)26-14-5-4-7-20(26)25-19)16-8-10-17(11-9-16)24-18-12-13-23-15-18/h4-5,7-15,23-24H,2-3,6H2,1H3. The van der Waals surface area contributed by atoms with Crippen molar-refractivity contribution >= 4 is 17.0 Å². The van der Waals surface area contributed by atoms with Gasteiger partial charge < -0.3 is 10.3 Å². The van der Waals surface area contributed by atoms with E-state index in [1.54, 1.807) is 10.6 Å². The predicted octanol–water partition coefficient (Wildman–Crippen LogP) is 4.78. The maximum Gasteiger partial charge on any atom is 0.265 e. The van der Waals surface area contributed by atoms with E-state index < -0.39 is 0 Å². The van der Waals surface area contributed by atoms with Crippen LogP contribution in [-0.2, 0) is 6.42 Å². The molecule has 0 unspecified atom stereocenters. The summed E-state index contributed by atoms with van der Waals surface area (Å²) in [6.45, 7) is 2.15. The molecule has 3 aromatic heterocycles. The van der Waals surface area contributed by atoms with Gasteiger partial charge in [0.05, 0.1) is 16.9 Å². The van der Waals surface area contributed by atoms with E-state index in [4.69, 9.17) is 4.98 Å². The predicted molar refractivity (Wildman–Crippen MR) is 110 cm³/mol. The number of H-pyrrole nitrogens is 1. The van der Waals surface area contributed by atoms with E-state index in [9.17, 15) is 4.79 Å². The van der Waals surface area contributed by atoms with Crippen LogP contribution in [-0.4, -0.2) is 14.4 Å². The molecule has 4 rings (SSSR count). The number of anilines is 2. The fraction of sp³-hybridized carbons (Fsp3) is 0.182. The molecule has 0 spiro atoms. The number of fused-ring (bicyclic) bond motifs is 1. The highest BCUT2D eigenvalue weighted by Gasteiger charge is 2.14. The third-order valence-electron chi connectivity index (χ3n) is 4.64. The smallest absolute Gasteiger partial charge is 0.265 e. The number of benzene rings is 1. The Balaban J connectivity index is 1.77. The minimum atomic E-state index is -0.0157. The van der Waals surface area contributed by atoms with Crippen molar-refractivity contribution in [2.75, 3.05) is 5.32 Å². The van der Waals surface area contributed by atoms with Crippen LogP contribution in [0.15, 0.2) is 71.9 Å². The molecule has 4 aromatic rings. The third-order valence-corrected chi connectivity index (χ3v) is 4.64. The van der Waals surface area contributed by atoms with Gasteiger partial charge in [-0.3, -0.25) is 9.20 Å².